The van der Waals surface area contributed by atoms with E-state index in [0.29, 0.717) is 5.92 Å². The lowest BCUT2D eigenvalue weighted by Crippen LogP contribution is -2.24. The zero-order valence-corrected chi connectivity index (χ0v) is 11.6. The predicted octanol–water partition coefficient (Wildman–Crippen LogP) is 3.74. The van der Waals surface area contributed by atoms with Gasteiger partial charge in [-0.05, 0) is 19.3 Å². The maximum Gasteiger partial charge on any atom is 0.238 e. The molecule has 0 fully saturated rings. The molecule has 0 saturated heterocycles. The van der Waals surface area contributed by atoms with Crippen molar-refractivity contribution in [2.24, 2.45) is 16.8 Å². The predicted molar refractivity (Wildman–Crippen MR) is 76.8 cm³/mol. The van der Waals surface area contributed by atoms with Gasteiger partial charge in [0.1, 0.15) is 4.88 Å². The lowest BCUT2D eigenvalue weighted by atomic mass is 9.89. The van der Waals surface area contributed by atoms with E-state index in [1.165, 1.54) is 0 Å². The molecule has 4 heteroatoms. The summed E-state index contributed by atoms with van der Waals surface area (Å²) in [6.45, 7) is 6.35. The average molecular weight is 260 g/mol. The molecule has 1 aromatic rings. The second-order valence-corrected chi connectivity index (χ2v) is 6.23. The minimum absolute atomic E-state index is 0.154. The maximum absolute atomic E-state index is 12.5. The molecule has 0 N–H and O–H groups in total. The zero-order valence-electron chi connectivity index (χ0n) is 10.8. The summed E-state index contributed by atoms with van der Waals surface area (Å²) in [7, 11) is 0. The number of nitrogens with zero attached hydrogens (tertiary/aromatic N) is 2. The van der Waals surface area contributed by atoms with E-state index in [9.17, 15) is 5.21 Å². The Labute approximate surface area is 111 Å². The summed E-state index contributed by atoms with van der Waals surface area (Å²) >= 11 is 1.64. The molecule has 3 rings (SSSR count). The summed E-state index contributed by atoms with van der Waals surface area (Å²) in [5.41, 5.74) is 3.83. The van der Waals surface area contributed by atoms with Gasteiger partial charge in [-0.25, -0.2) is 0 Å². The Hall–Kier alpha value is -1.42. The second kappa shape index (κ2) is 4.05. The fourth-order valence-electron chi connectivity index (χ4n) is 2.68. The topological polar surface area (TPSA) is 38.4 Å². The quantitative estimate of drug-likeness (QED) is 0.589. The van der Waals surface area contributed by atoms with E-state index in [-0.39, 0.29) is 5.92 Å². The van der Waals surface area contributed by atoms with Gasteiger partial charge in [0.05, 0.1) is 11.5 Å². The van der Waals surface area contributed by atoms with E-state index in [1.54, 1.807) is 11.3 Å². The molecule has 3 heterocycles. The average Bonchev–Trinajstić information content (AvgIpc) is 2.81. The Morgan fingerprint density at radius 2 is 2.28 bits per heavy atom. The van der Waals surface area contributed by atoms with Crippen LogP contribution < -0.4 is 0 Å². The molecule has 0 saturated carbocycles. The first kappa shape index (κ1) is 11.7. The van der Waals surface area contributed by atoms with Crippen LogP contribution in [0.15, 0.2) is 16.6 Å². The Bertz CT molecular complexity index is 593. The Kier molecular flexibility index (Phi) is 2.63. The second-order valence-electron chi connectivity index (χ2n) is 5.35. The van der Waals surface area contributed by atoms with Gasteiger partial charge < -0.3 is 5.21 Å². The van der Waals surface area contributed by atoms with Crippen molar-refractivity contribution in [3.05, 3.63) is 27.2 Å². The van der Waals surface area contributed by atoms with Crippen molar-refractivity contribution in [1.29, 1.82) is 0 Å². The van der Waals surface area contributed by atoms with Gasteiger partial charge in [0, 0.05) is 23.4 Å². The SMILES string of the molecule is Cc1csc2c1[N+]([O-])=C1C2=CN=CC1CC(C)C. The number of aryl methyl sites for hydroxylation is 1. The third kappa shape index (κ3) is 1.56. The van der Waals surface area contributed by atoms with Crippen molar-refractivity contribution in [2.75, 3.05) is 0 Å². The fraction of sp³-hybridized carbons (Fsp3) is 0.429. The molecule has 94 valence electrons. The number of rotatable bonds is 2. The third-order valence-electron chi connectivity index (χ3n) is 3.43. The summed E-state index contributed by atoms with van der Waals surface area (Å²) in [6.07, 6.45) is 4.72. The standard InChI is InChI=1S/C14H16N2OS/c1-8(2)4-10-5-15-6-11-13(10)16(17)12-9(3)7-18-14(11)12/h5-8,10H,4H2,1-3H3. The Balaban J connectivity index is 2.11. The van der Waals surface area contributed by atoms with Gasteiger partial charge >= 0.3 is 0 Å². The van der Waals surface area contributed by atoms with Crippen molar-refractivity contribution in [1.82, 2.24) is 0 Å². The number of hydrogen-bond acceptors (Lipinski definition) is 3. The molecule has 3 nitrogen and oxygen atoms in total. The molecule has 1 unspecified atom stereocenters. The summed E-state index contributed by atoms with van der Waals surface area (Å²) < 4.78 is 1.13. The number of thiophene rings is 1. The minimum Gasteiger partial charge on any atom is -0.618 e. The Morgan fingerprint density at radius 1 is 1.50 bits per heavy atom. The molecule has 0 amide bonds. The monoisotopic (exact) mass is 260 g/mol. The lowest BCUT2D eigenvalue weighted by molar-refractivity contribution is -0.358. The molecule has 0 bridgehead atoms. The van der Waals surface area contributed by atoms with Gasteiger partial charge in [0.15, 0.2) is 0 Å². The van der Waals surface area contributed by atoms with Crippen LogP contribution in [0.2, 0.25) is 0 Å². The van der Waals surface area contributed by atoms with Crippen molar-refractivity contribution in [3.8, 4) is 0 Å². The molecule has 2 aliphatic heterocycles. The summed E-state index contributed by atoms with van der Waals surface area (Å²) in [4.78, 5) is 5.42. The number of fused-ring (bicyclic) bond motifs is 3. The number of hydrogen-bond donors (Lipinski definition) is 0. The molecule has 0 spiro atoms. The van der Waals surface area contributed by atoms with Crippen molar-refractivity contribution in [3.63, 3.8) is 0 Å². The van der Waals surface area contributed by atoms with E-state index in [2.05, 4.69) is 18.8 Å². The molecular formula is C14H16N2OS. The van der Waals surface area contributed by atoms with Crippen LogP contribution in [0, 0.1) is 24.0 Å². The molecule has 18 heavy (non-hydrogen) atoms. The van der Waals surface area contributed by atoms with Crippen LogP contribution in [-0.4, -0.2) is 16.7 Å². The van der Waals surface area contributed by atoms with Crippen LogP contribution in [0.5, 0.6) is 0 Å². The highest BCUT2D eigenvalue weighted by atomic mass is 32.1. The lowest BCUT2D eigenvalue weighted by Gasteiger charge is -2.16. The van der Waals surface area contributed by atoms with Gasteiger partial charge in [-0.1, -0.05) is 13.8 Å². The normalized spacial score (nSPS) is 21.3. The highest BCUT2D eigenvalue weighted by molar-refractivity contribution is 7.12. The summed E-state index contributed by atoms with van der Waals surface area (Å²) in [6, 6.07) is 0. The number of aliphatic imine (C=N–C) groups is 1. The first-order valence-corrected chi connectivity index (χ1v) is 7.14. The fourth-order valence-corrected chi connectivity index (χ4v) is 3.72. The number of allylic oxidation sites excluding steroid dienone is 1. The highest BCUT2D eigenvalue weighted by Gasteiger charge is 2.40. The summed E-state index contributed by atoms with van der Waals surface area (Å²) in [5, 5.41) is 14.5. The van der Waals surface area contributed by atoms with Gasteiger partial charge in [-0.3, -0.25) is 4.99 Å². The molecule has 2 aliphatic rings. The van der Waals surface area contributed by atoms with E-state index >= 15 is 0 Å². The maximum atomic E-state index is 12.5. The van der Waals surface area contributed by atoms with E-state index in [0.717, 1.165) is 38.6 Å². The van der Waals surface area contributed by atoms with Crippen molar-refractivity contribution < 1.29 is 4.74 Å². The van der Waals surface area contributed by atoms with E-state index in [4.69, 9.17) is 0 Å². The highest BCUT2D eigenvalue weighted by Crippen LogP contribution is 2.44. The molecule has 0 aliphatic carbocycles. The largest absolute Gasteiger partial charge is 0.618 e. The smallest absolute Gasteiger partial charge is 0.238 e. The zero-order chi connectivity index (χ0) is 12.9. The molecule has 1 aromatic heterocycles. The summed E-state index contributed by atoms with van der Waals surface area (Å²) in [5.74, 6) is 0.711. The van der Waals surface area contributed by atoms with E-state index < -0.39 is 0 Å². The van der Waals surface area contributed by atoms with Gasteiger partial charge in [0.2, 0.25) is 11.4 Å². The first-order valence-electron chi connectivity index (χ1n) is 6.26. The van der Waals surface area contributed by atoms with E-state index in [1.807, 2.05) is 24.7 Å². The minimum atomic E-state index is 0.154. The van der Waals surface area contributed by atoms with Crippen LogP contribution in [0.3, 0.4) is 0 Å². The first-order chi connectivity index (χ1) is 8.59. The van der Waals surface area contributed by atoms with Gasteiger partial charge in [-0.2, -0.15) is 4.74 Å². The van der Waals surface area contributed by atoms with Gasteiger partial charge in [0.25, 0.3) is 0 Å². The molecular weight excluding hydrogens is 244 g/mol. The van der Waals surface area contributed by atoms with Gasteiger partial charge in [-0.15, -0.1) is 11.3 Å². The van der Waals surface area contributed by atoms with Crippen molar-refractivity contribution in [2.45, 2.75) is 27.2 Å². The third-order valence-corrected chi connectivity index (χ3v) is 4.55. The van der Waals surface area contributed by atoms with Crippen LogP contribution >= 0.6 is 11.3 Å². The molecule has 1 atom stereocenters. The molecule has 0 aromatic carbocycles. The van der Waals surface area contributed by atoms with Crippen LogP contribution in [0.25, 0.3) is 5.57 Å². The van der Waals surface area contributed by atoms with Crippen LogP contribution in [0.4, 0.5) is 5.69 Å². The van der Waals surface area contributed by atoms with Crippen LogP contribution in [0.1, 0.15) is 30.7 Å². The van der Waals surface area contributed by atoms with Crippen molar-refractivity contribution >= 4 is 34.5 Å². The Morgan fingerprint density at radius 3 is 3.00 bits per heavy atom. The molecule has 0 radical (unpaired) electrons. The van der Waals surface area contributed by atoms with Crippen LogP contribution in [-0.2, 0) is 0 Å².